The molecular weight excluding hydrogens is 216 g/mol. The topological polar surface area (TPSA) is 54.5 Å². The molecular formula is C8H10N4S2. The number of aromatic amines is 1. The first kappa shape index (κ1) is 9.79. The minimum atomic E-state index is 0.730. The van der Waals surface area contributed by atoms with E-state index in [4.69, 9.17) is 0 Å². The Morgan fingerprint density at radius 3 is 3.14 bits per heavy atom. The van der Waals surface area contributed by atoms with Crippen LogP contribution in [0.2, 0.25) is 0 Å². The van der Waals surface area contributed by atoms with Gasteiger partial charge in [-0.2, -0.15) is 12.6 Å². The molecule has 2 heterocycles. The lowest BCUT2D eigenvalue weighted by atomic mass is 10.6. The van der Waals surface area contributed by atoms with Crippen LogP contribution in [0.3, 0.4) is 0 Å². The highest BCUT2D eigenvalue weighted by atomic mass is 32.2. The summed E-state index contributed by atoms with van der Waals surface area (Å²) in [7, 11) is 0. The molecule has 2 aromatic rings. The molecule has 1 N–H and O–H groups in total. The van der Waals surface area contributed by atoms with Gasteiger partial charge in [0.15, 0.2) is 5.65 Å². The molecule has 2 aromatic heterocycles. The SMILES string of the molecule is SCCCSc1ncnc2nc[nH]c12. The monoisotopic (exact) mass is 226 g/mol. The van der Waals surface area contributed by atoms with Crippen LogP contribution >= 0.6 is 24.4 Å². The van der Waals surface area contributed by atoms with Crippen molar-refractivity contribution in [3.8, 4) is 0 Å². The Bertz CT molecular complexity index is 414. The van der Waals surface area contributed by atoms with Crippen LogP contribution in [0.25, 0.3) is 11.2 Å². The Morgan fingerprint density at radius 2 is 2.29 bits per heavy atom. The second-order valence-electron chi connectivity index (χ2n) is 2.71. The summed E-state index contributed by atoms with van der Waals surface area (Å²) in [6.45, 7) is 0. The fourth-order valence-corrected chi connectivity index (χ4v) is 2.36. The Kier molecular flexibility index (Phi) is 3.26. The van der Waals surface area contributed by atoms with Gasteiger partial charge in [-0.05, 0) is 12.2 Å². The molecule has 0 fully saturated rings. The van der Waals surface area contributed by atoms with Crippen molar-refractivity contribution < 1.29 is 0 Å². The number of thiol groups is 1. The summed E-state index contributed by atoms with van der Waals surface area (Å²) in [6.07, 6.45) is 4.27. The summed E-state index contributed by atoms with van der Waals surface area (Å²) in [6, 6.07) is 0. The van der Waals surface area contributed by atoms with Crippen molar-refractivity contribution in [2.75, 3.05) is 11.5 Å². The maximum absolute atomic E-state index is 4.21. The first-order valence-electron chi connectivity index (χ1n) is 4.29. The number of hydrogen-bond acceptors (Lipinski definition) is 5. The summed E-state index contributed by atoms with van der Waals surface area (Å²) in [5, 5.41) is 0.967. The summed E-state index contributed by atoms with van der Waals surface area (Å²) in [5.41, 5.74) is 1.66. The molecule has 0 saturated heterocycles. The second-order valence-corrected chi connectivity index (χ2v) is 4.24. The zero-order valence-corrected chi connectivity index (χ0v) is 9.18. The second kappa shape index (κ2) is 4.65. The Hall–Kier alpha value is -0.750. The molecule has 0 saturated carbocycles. The molecule has 0 aliphatic carbocycles. The van der Waals surface area contributed by atoms with Gasteiger partial charge in [0.2, 0.25) is 0 Å². The van der Waals surface area contributed by atoms with Crippen LogP contribution < -0.4 is 0 Å². The summed E-state index contributed by atoms with van der Waals surface area (Å²) >= 11 is 5.87. The zero-order valence-electron chi connectivity index (χ0n) is 7.47. The van der Waals surface area contributed by atoms with Crippen LogP contribution in [0.4, 0.5) is 0 Å². The van der Waals surface area contributed by atoms with E-state index in [9.17, 15) is 0 Å². The Labute approximate surface area is 91.4 Å². The number of fused-ring (bicyclic) bond motifs is 1. The van der Waals surface area contributed by atoms with E-state index in [1.165, 1.54) is 0 Å². The van der Waals surface area contributed by atoms with E-state index in [1.54, 1.807) is 24.4 Å². The van der Waals surface area contributed by atoms with E-state index in [2.05, 4.69) is 32.6 Å². The summed E-state index contributed by atoms with van der Waals surface area (Å²) < 4.78 is 0. The minimum Gasteiger partial charge on any atom is -0.341 e. The van der Waals surface area contributed by atoms with Gasteiger partial charge in [-0.15, -0.1) is 11.8 Å². The predicted molar refractivity (Wildman–Crippen MR) is 60.9 cm³/mol. The third kappa shape index (κ3) is 2.01. The lowest BCUT2D eigenvalue weighted by Gasteiger charge is -1.99. The van der Waals surface area contributed by atoms with E-state index in [1.807, 2.05) is 0 Å². The molecule has 0 bridgehead atoms. The van der Waals surface area contributed by atoms with Crippen molar-refractivity contribution in [2.45, 2.75) is 11.4 Å². The van der Waals surface area contributed by atoms with Gasteiger partial charge < -0.3 is 4.98 Å². The molecule has 0 amide bonds. The molecule has 0 spiro atoms. The van der Waals surface area contributed by atoms with E-state index in [-0.39, 0.29) is 0 Å². The highest BCUT2D eigenvalue weighted by Crippen LogP contribution is 2.22. The molecule has 0 radical (unpaired) electrons. The standard InChI is InChI=1S/C8H10N4S2/c13-2-1-3-14-8-6-7(10-4-9-6)11-5-12-8/h4-5,13H,1-3H2,(H,9,10,11,12). The molecule has 0 aromatic carbocycles. The average Bonchev–Trinajstić information content (AvgIpc) is 2.67. The fourth-order valence-electron chi connectivity index (χ4n) is 1.09. The zero-order chi connectivity index (χ0) is 9.80. The van der Waals surface area contributed by atoms with E-state index < -0.39 is 0 Å². The Balaban J connectivity index is 2.19. The maximum Gasteiger partial charge on any atom is 0.181 e. The quantitative estimate of drug-likeness (QED) is 0.361. The molecule has 0 aliphatic rings. The van der Waals surface area contributed by atoms with Gasteiger partial charge in [-0.1, -0.05) is 0 Å². The number of nitrogens with zero attached hydrogens (tertiary/aromatic N) is 3. The first-order chi connectivity index (χ1) is 6.92. The average molecular weight is 226 g/mol. The molecule has 2 rings (SSSR count). The lowest BCUT2D eigenvalue weighted by molar-refractivity contribution is 1.07. The maximum atomic E-state index is 4.21. The van der Waals surface area contributed by atoms with Gasteiger partial charge in [-0.25, -0.2) is 15.0 Å². The molecule has 74 valence electrons. The van der Waals surface area contributed by atoms with E-state index in [0.717, 1.165) is 34.1 Å². The normalized spacial score (nSPS) is 10.9. The van der Waals surface area contributed by atoms with Crippen LogP contribution in [-0.4, -0.2) is 31.4 Å². The predicted octanol–water partition coefficient (Wildman–Crippen LogP) is 1.76. The minimum absolute atomic E-state index is 0.730. The van der Waals surface area contributed by atoms with Crippen molar-refractivity contribution in [1.29, 1.82) is 0 Å². The van der Waals surface area contributed by atoms with Crippen molar-refractivity contribution >= 4 is 35.6 Å². The van der Waals surface area contributed by atoms with Crippen molar-refractivity contribution in [3.63, 3.8) is 0 Å². The van der Waals surface area contributed by atoms with Crippen LogP contribution in [0, 0.1) is 0 Å². The van der Waals surface area contributed by atoms with Crippen LogP contribution in [0.1, 0.15) is 6.42 Å². The number of nitrogens with one attached hydrogen (secondary N) is 1. The van der Waals surface area contributed by atoms with E-state index >= 15 is 0 Å². The molecule has 0 atom stereocenters. The first-order valence-corrected chi connectivity index (χ1v) is 5.91. The van der Waals surface area contributed by atoms with Gasteiger partial charge in [0.1, 0.15) is 16.9 Å². The van der Waals surface area contributed by atoms with Gasteiger partial charge in [-0.3, -0.25) is 0 Å². The smallest absolute Gasteiger partial charge is 0.181 e. The highest BCUT2D eigenvalue weighted by Gasteiger charge is 2.05. The summed E-state index contributed by atoms with van der Waals surface area (Å²) in [5.74, 6) is 1.93. The largest absolute Gasteiger partial charge is 0.341 e. The van der Waals surface area contributed by atoms with E-state index in [0.29, 0.717) is 0 Å². The van der Waals surface area contributed by atoms with Gasteiger partial charge >= 0.3 is 0 Å². The highest BCUT2D eigenvalue weighted by molar-refractivity contribution is 7.99. The van der Waals surface area contributed by atoms with Crippen molar-refractivity contribution in [2.24, 2.45) is 0 Å². The number of hydrogen-bond donors (Lipinski definition) is 2. The number of thioether (sulfide) groups is 1. The van der Waals surface area contributed by atoms with Crippen molar-refractivity contribution in [3.05, 3.63) is 12.7 Å². The number of imidazole rings is 1. The molecule has 0 unspecified atom stereocenters. The van der Waals surface area contributed by atoms with Crippen LogP contribution in [-0.2, 0) is 0 Å². The third-order valence-electron chi connectivity index (χ3n) is 1.73. The fraction of sp³-hybridized carbons (Fsp3) is 0.375. The molecule has 0 aliphatic heterocycles. The number of H-pyrrole nitrogens is 1. The Morgan fingerprint density at radius 1 is 1.36 bits per heavy atom. The third-order valence-corrected chi connectivity index (χ3v) is 3.12. The van der Waals surface area contributed by atoms with Crippen LogP contribution in [0.5, 0.6) is 0 Å². The molecule has 6 heteroatoms. The molecule has 14 heavy (non-hydrogen) atoms. The number of aromatic nitrogens is 4. The summed E-state index contributed by atoms with van der Waals surface area (Å²) in [4.78, 5) is 15.4. The number of rotatable bonds is 4. The molecule has 4 nitrogen and oxygen atoms in total. The van der Waals surface area contributed by atoms with Gasteiger partial charge in [0, 0.05) is 5.75 Å². The van der Waals surface area contributed by atoms with Gasteiger partial charge in [0.05, 0.1) is 6.33 Å². The van der Waals surface area contributed by atoms with Crippen LogP contribution in [0.15, 0.2) is 17.7 Å². The lowest BCUT2D eigenvalue weighted by Crippen LogP contribution is -1.88. The van der Waals surface area contributed by atoms with Gasteiger partial charge in [0.25, 0.3) is 0 Å². The van der Waals surface area contributed by atoms with Crippen molar-refractivity contribution in [1.82, 2.24) is 19.9 Å².